The molecule has 0 radical (unpaired) electrons. The molecular formula is C16H20N2O. The van der Waals surface area contributed by atoms with Gasteiger partial charge >= 0.3 is 0 Å². The molecule has 1 aliphatic rings. The molecule has 0 bridgehead atoms. The molecule has 0 aromatic heterocycles. The summed E-state index contributed by atoms with van der Waals surface area (Å²) in [6.07, 6.45) is 7.14. The van der Waals surface area contributed by atoms with E-state index in [4.69, 9.17) is 4.74 Å². The van der Waals surface area contributed by atoms with Crippen molar-refractivity contribution >= 4 is 5.76 Å². The topological polar surface area (TPSA) is 24.5 Å². The molecular weight excluding hydrogens is 236 g/mol. The molecule has 2 rings (SSSR count). The predicted molar refractivity (Wildman–Crippen MR) is 79.0 cm³/mol. The quantitative estimate of drug-likeness (QED) is 0.662. The van der Waals surface area contributed by atoms with Crippen molar-refractivity contribution in [2.45, 2.75) is 6.42 Å². The summed E-state index contributed by atoms with van der Waals surface area (Å²) in [7, 11) is 5.68. The van der Waals surface area contributed by atoms with E-state index < -0.39 is 0 Å². The molecule has 0 atom stereocenters. The summed E-state index contributed by atoms with van der Waals surface area (Å²) in [5.41, 5.74) is 6.67. The number of nitrogens with one attached hydrogen (secondary N) is 1. The molecule has 0 spiro atoms. The first kappa shape index (κ1) is 13.4. The molecule has 0 heterocycles. The maximum atomic E-state index is 5.63. The van der Waals surface area contributed by atoms with Gasteiger partial charge in [0, 0.05) is 25.2 Å². The molecule has 3 heteroatoms. The summed E-state index contributed by atoms with van der Waals surface area (Å²) in [4.78, 5) is 0. The van der Waals surface area contributed by atoms with Gasteiger partial charge in [-0.2, -0.15) is 0 Å². The van der Waals surface area contributed by atoms with Gasteiger partial charge < -0.3 is 10.2 Å². The minimum absolute atomic E-state index is 0.866. The largest absolute Gasteiger partial charge is 0.496 e. The molecule has 1 aliphatic carbocycles. The third kappa shape index (κ3) is 3.26. The Labute approximate surface area is 114 Å². The van der Waals surface area contributed by atoms with E-state index in [0.717, 1.165) is 23.4 Å². The second kappa shape index (κ2) is 6.25. The molecule has 1 N–H and O–H groups in total. The molecule has 100 valence electrons. The molecule has 0 fully saturated rings. The van der Waals surface area contributed by atoms with E-state index >= 15 is 0 Å². The van der Waals surface area contributed by atoms with Crippen molar-refractivity contribution in [3.8, 4) is 0 Å². The average molecular weight is 256 g/mol. The van der Waals surface area contributed by atoms with Gasteiger partial charge in [-0.15, -0.1) is 0 Å². The maximum absolute atomic E-state index is 5.63. The number of methoxy groups -OCH3 is 1. The van der Waals surface area contributed by atoms with Crippen molar-refractivity contribution in [2.24, 2.45) is 0 Å². The summed E-state index contributed by atoms with van der Waals surface area (Å²) in [6, 6.07) is 10.2. The molecule has 0 aliphatic heterocycles. The SMILES string of the molecule is COC(=C1CC=CC=C1NN(C)C)c1ccccc1. The zero-order chi connectivity index (χ0) is 13.7. The Balaban J connectivity index is 2.42. The van der Waals surface area contributed by atoms with Gasteiger partial charge in [-0.05, 0) is 12.5 Å². The van der Waals surface area contributed by atoms with E-state index in [2.05, 4.69) is 35.8 Å². The highest BCUT2D eigenvalue weighted by Gasteiger charge is 2.15. The Kier molecular flexibility index (Phi) is 4.42. The summed E-state index contributed by atoms with van der Waals surface area (Å²) >= 11 is 0. The molecule has 0 unspecified atom stereocenters. The smallest absolute Gasteiger partial charge is 0.131 e. The number of hydrazine groups is 1. The van der Waals surface area contributed by atoms with E-state index in [1.54, 1.807) is 7.11 Å². The number of hydrogen-bond donors (Lipinski definition) is 1. The number of allylic oxidation sites excluding steroid dienone is 4. The standard InChI is InChI=1S/C16H20N2O/c1-18(2)17-15-12-8-7-11-14(15)16(19-3)13-9-5-4-6-10-13/h4-10,12,17H,11H2,1-3H3. The van der Waals surface area contributed by atoms with E-state index in [0.29, 0.717) is 0 Å². The number of rotatable bonds is 4. The fraction of sp³-hybridized carbons (Fsp3) is 0.250. The van der Waals surface area contributed by atoms with Crippen LogP contribution in [0.15, 0.2) is 59.8 Å². The van der Waals surface area contributed by atoms with Crippen LogP contribution in [0.1, 0.15) is 12.0 Å². The van der Waals surface area contributed by atoms with Crippen LogP contribution in [-0.2, 0) is 4.74 Å². The van der Waals surface area contributed by atoms with Gasteiger partial charge in [-0.1, -0.05) is 42.5 Å². The van der Waals surface area contributed by atoms with Gasteiger partial charge in [-0.3, -0.25) is 0 Å². The zero-order valence-corrected chi connectivity index (χ0v) is 11.7. The molecule has 3 nitrogen and oxygen atoms in total. The predicted octanol–water partition coefficient (Wildman–Crippen LogP) is 2.95. The molecule has 0 saturated carbocycles. The Bertz CT molecular complexity index is 513. The third-order valence-electron chi connectivity index (χ3n) is 2.90. The third-order valence-corrected chi connectivity index (χ3v) is 2.90. The molecule has 1 aromatic rings. The summed E-state index contributed by atoms with van der Waals surface area (Å²) < 4.78 is 5.63. The first-order valence-electron chi connectivity index (χ1n) is 6.36. The Morgan fingerprint density at radius 2 is 1.95 bits per heavy atom. The van der Waals surface area contributed by atoms with Gasteiger partial charge in [0.15, 0.2) is 0 Å². The van der Waals surface area contributed by atoms with Crippen LogP contribution in [0.2, 0.25) is 0 Å². The zero-order valence-electron chi connectivity index (χ0n) is 11.7. The normalized spacial score (nSPS) is 17.2. The fourth-order valence-electron chi connectivity index (χ4n) is 2.13. The molecule has 0 saturated heterocycles. The Hall–Kier alpha value is -2.00. The second-order valence-electron chi connectivity index (χ2n) is 4.60. The number of ether oxygens (including phenoxy) is 1. The average Bonchev–Trinajstić information content (AvgIpc) is 2.42. The number of benzene rings is 1. The van der Waals surface area contributed by atoms with Crippen LogP contribution >= 0.6 is 0 Å². The fourth-order valence-corrected chi connectivity index (χ4v) is 2.13. The van der Waals surface area contributed by atoms with Gasteiger partial charge in [0.05, 0.1) is 12.8 Å². The Morgan fingerprint density at radius 1 is 1.21 bits per heavy atom. The van der Waals surface area contributed by atoms with Crippen LogP contribution in [0.3, 0.4) is 0 Å². The van der Waals surface area contributed by atoms with Crippen LogP contribution in [0.25, 0.3) is 5.76 Å². The monoisotopic (exact) mass is 256 g/mol. The van der Waals surface area contributed by atoms with Crippen molar-refractivity contribution in [2.75, 3.05) is 21.2 Å². The van der Waals surface area contributed by atoms with Crippen molar-refractivity contribution < 1.29 is 4.74 Å². The van der Waals surface area contributed by atoms with E-state index in [9.17, 15) is 0 Å². The Morgan fingerprint density at radius 3 is 2.58 bits per heavy atom. The first-order valence-corrected chi connectivity index (χ1v) is 6.36. The maximum Gasteiger partial charge on any atom is 0.131 e. The van der Waals surface area contributed by atoms with Crippen LogP contribution < -0.4 is 5.43 Å². The lowest BCUT2D eigenvalue weighted by molar-refractivity contribution is 0.326. The lowest BCUT2D eigenvalue weighted by Gasteiger charge is -2.23. The van der Waals surface area contributed by atoms with E-state index in [1.165, 1.54) is 5.57 Å². The van der Waals surface area contributed by atoms with Crippen molar-refractivity contribution in [1.29, 1.82) is 0 Å². The van der Waals surface area contributed by atoms with E-state index in [1.807, 2.05) is 37.3 Å². The van der Waals surface area contributed by atoms with Crippen LogP contribution in [0, 0.1) is 0 Å². The van der Waals surface area contributed by atoms with Crippen molar-refractivity contribution in [1.82, 2.24) is 10.4 Å². The van der Waals surface area contributed by atoms with Crippen LogP contribution in [0.5, 0.6) is 0 Å². The van der Waals surface area contributed by atoms with Gasteiger partial charge in [0.1, 0.15) is 5.76 Å². The summed E-state index contributed by atoms with van der Waals surface area (Å²) in [5, 5.41) is 1.93. The molecule has 0 amide bonds. The highest BCUT2D eigenvalue weighted by molar-refractivity contribution is 5.68. The second-order valence-corrected chi connectivity index (χ2v) is 4.60. The van der Waals surface area contributed by atoms with Gasteiger partial charge in [0.25, 0.3) is 0 Å². The number of nitrogens with zero attached hydrogens (tertiary/aromatic N) is 1. The van der Waals surface area contributed by atoms with Gasteiger partial charge in [0.2, 0.25) is 0 Å². The van der Waals surface area contributed by atoms with Crippen molar-refractivity contribution in [3.05, 3.63) is 65.4 Å². The molecule has 19 heavy (non-hydrogen) atoms. The van der Waals surface area contributed by atoms with Crippen LogP contribution in [0.4, 0.5) is 0 Å². The minimum atomic E-state index is 0.866. The minimum Gasteiger partial charge on any atom is -0.496 e. The van der Waals surface area contributed by atoms with E-state index in [-0.39, 0.29) is 0 Å². The number of hydrogen-bond acceptors (Lipinski definition) is 3. The van der Waals surface area contributed by atoms with Crippen LogP contribution in [-0.4, -0.2) is 26.2 Å². The highest BCUT2D eigenvalue weighted by Crippen LogP contribution is 2.28. The first-order chi connectivity index (χ1) is 9.22. The molecule has 1 aromatic carbocycles. The highest BCUT2D eigenvalue weighted by atomic mass is 16.5. The summed E-state index contributed by atoms with van der Waals surface area (Å²) in [5.74, 6) is 0.922. The van der Waals surface area contributed by atoms with Crippen molar-refractivity contribution in [3.63, 3.8) is 0 Å². The summed E-state index contributed by atoms with van der Waals surface area (Å²) in [6.45, 7) is 0. The van der Waals surface area contributed by atoms with Gasteiger partial charge in [-0.25, -0.2) is 5.01 Å². The lowest BCUT2D eigenvalue weighted by Crippen LogP contribution is -2.31. The lowest BCUT2D eigenvalue weighted by atomic mass is 9.99.